The van der Waals surface area contributed by atoms with Crippen LogP contribution in [0.1, 0.15) is 19.3 Å². The summed E-state index contributed by atoms with van der Waals surface area (Å²) in [6.45, 7) is 4.90. The molecule has 0 aliphatic carbocycles. The lowest BCUT2D eigenvalue weighted by atomic mass is 10.0. The fourth-order valence-corrected chi connectivity index (χ4v) is 3.68. The fourth-order valence-electron chi connectivity index (χ4n) is 1.78. The summed E-state index contributed by atoms with van der Waals surface area (Å²) in [5.74, 6) is 0. The van der Waals surface area contributed by atoms with E-state index in [0.29, 0.717) is 12.6 Å². The van der Waals surface area contributed by atoms with Gasteiger partial charge in [0, 0.05) is 12.6 Å². The van der Waals surface area contributed by atoms with Crippen LogP contribution in [0.25, 0.3) is 0 Å². The Balaban J connectivity index is 1.98. The van der Waals surface area contributed by atoms with Crippen LogP contribution >= 0.6 is 10.7 Å². The van der Waals surface area contributed by atoms with E-state index in [-0.39, 0.29) is 16.0 Å². The van der Waals surface area contributed by atoms with E-state index in [1.165, 1.54) is 12.8 Å². The van der Waals surface area contributed by atoms with Crippen LogP contribution in [0, 0.1) is 0 Å². The van der Waals surface area contributed by atoms with Gasteiger partial charge >= 0.3 is 5.30 Å². The SMILES string of the molecule is C=CCOC(=O)S1=CCCC2CCN21. The number of carbonyl (C=O) groups excluding carboxylic acids is 1. The van der Waals surface area contributed by atoms with Gasteiger partial charge in [-0.1, -0.05) is 12.7 Å². The number of carbonyl (C=O) groups is 1. The Morgan fingerprint density at radius 1 is 1.71 bits per heavy atom. The van der Waals surface area contributed by atoms with Gasteiger partial charge in [-0.2, -0.15) is 0 Å². The number of hydrogen-bond donors (Lipinski definition) is 0. The molecule has 0 spiro atoms. The van der Waals surface area contributed by atoms with Crippen molar-refractivity contribution in [2.45, 2.75) is 25.3 Å². The van der Waals surface area contributed by atoms with E-state index >= 15 is 0 Å². The second-order valence-electron chi connectivity index (χ2n) is 3.49. The van der Waals surface area contributed by atoms with Crippen LogP contribution in [0.2, 0.25) is 0 Å². The Morgan fingerprint density at radius 3 is 3.21 bits per heavy atom. The zero-order chi connectivity index (χ0) is 9.97. The second-order valence-corrected chi connectivity index (χ2v) is 5.26. The second kappa shape index (κ2) is 4.28. The van der Waals surface area contributed by atoms with Crippen LogP contribution in [0.3, 0.4) is 0 Å². The molecule has 0 bridgehead atoms. The summed E-state index contributed by atoms with van der Waals surface area (Å²) in [6.07, 6.45) is 5.11. The van der Waals surface area contributed by atoms with Crippen LogP contribution in [0.5, 0.6) is 0 Å². The molecule has 0 aromatic carbocycles. The number of ether oxygens (including phenoxy) is 1. The first-order valence-electron chi connectivity index (χ1n) is 4.93. The summed E-state index contributed by atoms with van der Waals surface area (Å²) >= 11 is 0. The van der Waals surface area contributed by atoms with Crippen molar-refractivity contribution in [1.82, 2.24) is 4.31 Å². The van der Waals surface area contributed by atoms with Crippen molar-refractivity contribution in [2.75, 3.05) is 13.2 Å². The molecule has 0 aromatic rings. The van der Waals surface area contributed by atoms with Crippen molar-refractivity contribution in [3.05, 3.63) is 12.7 Å². The Kier molecular flexibility index (Phi) is 3.03. The molecule has 0 aromatic heterocycles. The lowest BCUT2D eigenvalue weighted by molar-refractivity contribution is 0.176. The van der Waals surface area contributed by atoms with Crippen molar-refractivity contribution >= 4 is 21.3 Å². The summed E-state index contributed by atoms with van der Waals surface area (Å²) < 4.78 is 7.32. The highest BCUT2D eigenvalue weighted by atomic mass is 32.2. The number of rotatable bonds is 2. The van der Waals surface area contributed by atoms with E-state index in [9.17, 15) is 4.79 Å². The molecule has 0 radical (unpaired) electrons. The van der Waals surface area contributed by atoms with E-state index in [1.807, 2.05) is 0 Å². The predicted molar refractivity (Wildman–Crippen MR) is 59.5 cm³/mol. The third kappa shape index (κ3) is 1.77. The lowest BCUT2D eigenvalue weighted by Crippen LogP contribution is -2.46. The van der Waals surface area contributed by atoms with Gasteiger partial charge in [-0.25, -0.2) is 9.10 Å². The third-order valence-corrected chi connectivity index (χ3v) is 4.60. The molecule has 0 saturated carbocycles. The molecule has 78 valence electrons. The first kappa shape index (κ1) is 9.93. The molecular weight excluding hydrogens is 198 g/mol. The highest BCUT2D eigenvalue weighted by Crippen LogP contribution is 2.38. The summed E-state index contributed by atoms with van der Waals surface area (Å²) in [7, 11) is -0.379. The molecular formula is C10H15NO2S. The van der Waals surface area contributed by atoms with Crippen molar-refractivity contribution in [3.63, 3.8) is 0 Å². The maximum atomic E-state index is 11.6. The number of hydrogen-bond acceptors (Lipinski definition) is 3. The van der Waals surface area contributed by atoms with E-state index in [1.54, 1.807) is 6.08 Å². The molecule has 2 rings (SSSR count). The molecule has 0 N–H and O–H groups in total. The van der Waals surface area contributed by atoms with Crippen molar-refractivity contribution < 1.29 is 9.53 Å². The molecule has 2 atom stereocenters. The molecule has 0 amide bonds. The molecule has 1 fully saturated rings. The molecule has 14 heavy (non-hydrogen) atoms. The maximum absolute atomic E-state index is 11.6. The molecule has 4 heteroatoms. The highest BCUT2D eigenvalue weighted by molar-refractivity contribution is 8.25. The Morgan fingerprint density at radius 2 is 2.57 bits per heavy atom. The van der Waals surface area contributed by atoms with Gasteiger partial charge in [0.1, 0.15) is 6.61 Å². The monoisotopic (exact) mass is 213 g/mol. The van der Waals surface area contributed by atoms with Crippen LogP contribution in [0.15, 0.2) is 12.7 Å². The zero-order valence-corrected chi connectivity index (χ0v) is 8.96. The van der Waals surface area contributed by atoms with E-state index < -0.39 is 0 Å². The minimum absolute atomic E-state index is 0.0886. The van der Waals surface area contributed by atoms with Crippen LogP contribution in [0.4, 0.5) is 4.79 Å². The fraction of sp³-hybridized carbons (Fsp3) is 0.600. The van der Waals surface area contributed by atoms with Gasteiger partial charge in [-0.15, -0.1) is 0 Å². The quantitative estimate of drug-likeness (QED) is 0.400. The maximum Gasteiger partial charge on any atom is 0.375 e. The van der Waals surface area contributed by atoms with Gasteiger partial charge in [-0.05, 0) is 35.3 Å². The van der Waals surface area contributed by atoms with Crippen molar-refractivity contribution in [1.29, 1.82) is 0 Å². The zero-order valence-electron chi connectivity index (χ0n) is 8.15. The molecule has 2 heterocycles. The van der Waals surface area contributed by atoms with Crippen LogP contribution < -0.4 is 0 Å². The number of fused-ring (bicyclic) bond motifs is 1. The first-order valence-corrected chi connectivity index (χ1v) is 6.18. The average molecular weight is 213 g/mol. The summed E-state index contributed by atoms with van der Waals surface area (Å²) in [5.41, 5.74) is 0. The van der Waals surface area contributed by atoms with Crippen molar-refractivity contribution in [2.24, 2.45) is 0 Å². The van der Waals surface area contributed by atoms with Gasteiger partial charge in [0.05, 0.1) is 0 Å². The average Bonchev–Trinajstić information content (AvgIpc) is 2.15. The smallest absolute Gasteiger partial charge is 0.375 e. The summed E-state index contributed by atoms with van der Waals surface area (Å²) in [5, 5.41) is 2.01. The lowest BCUT2D eigenvalue weighted by Gasteiger charge is -2.44. The van der Waals surface area contributed by atoms with Crippen LogP contribution in [-0.2, 0) is 4.74 Å². The Labute approximate surface area is 86.8 Å². The summed E-state index contributed by atoms with van der Waals surface area (Å²) in [6, 6.07) is 0.639. The third-order valence-electron chi connectivity index (χ3n) is 2.61. The molecule has 2 unspecified atom stereocenters. The summed E-state index contributed by atoms with van der Waals surface area (Å²) in [4.78, 5) is 11.6. The largest absolute Gasteiger partial charge is 0.453 e. The highest BCUT2D eigenvalue weighted by Gasteiger charge is 2.35. The first-order chi connectivity index (χ1) is 6.83. The van der Waals surface area contributed by atoms with Crippen molar-refractivity contribution in [3.8, 4) is 0 Å². The minimum Gasteiger partial charge on any atom is -0.453 e. The van der Waals surface area contributed by atoms with Crippen LogP contribution in [-0.4, -0.2) is 34.2 Å². The van der Waals surface area contributed by atoms with Gasteiger partial charge in [-0.3, -0.25) is 0 Å². The molecule has 1 saturated heterocycles. The number of nitrogens with zero attached hydrogens (tertiary/aromatic N) is 1. The normalized spacial score (nSPS) is 30.9. The van der Waals surface area contributed by atoms with Gasteiger partial charge in [0.15, 0.2) is 0 Å². The predicted octanol–water partition coefficient (Wildman–Crippen LogP) is 2.16. The Bertz CT molecular complexity index is 288. The van der Waals surface area contributed by atoms with Gasteiger partial charge < -0.3 is 4.74 Å². The topological polar surface area (TPSA) is 29.5 Å². The minimum atomic E-state index is -0.379. The standard InChI is InChI=1S/C10H15NO2S/c1-2-7-13-10(12)14-8-3-4-9-5-6-11(9)14/h2,8-9H,1,3-7H2. The molecule has 2 aliphatic rings. The van der Waals surface area contributed by atoms with E-state index in [4.69, 9.17) is 4.74 Å². The van der Waals surface area contributed by atoms with Gasteiger partial charge in [0.2, 0.25) is 0 Å². The molecule has 3 nitrogen and oxygen atoms in total. The van der Waals surface area contributed by atoms with E-state index in [2.05, 4.69) is 16.3 Å². The van der Waals surface area contributed by atoms with E-state index in [0.717, 1.165) is 13.0 Å². The Hall–Kier alpha value is -0.610. The molecule has 2 aliphatic heterocycles. The van der Waals surface area contributed by atoms with Gasteiger partial charge in [0.25, 0.3) is 0 Å².